The van der Waals surface area contributed by atoms with Crippen LogP contribution in [0.2, 0.25) is 0 Å². The highest BCUT2D eigenvalue weighted by molar-refractivity contribution is 7.89. The van der Waals surface area contributed by atoms with Crippen LogP contribution in [0.25, 0.3) is 0 Å². The van der Waals surface area contributed by atoms with E-state index in [1.807, 2.05) is 67.6 Å². The fraction of sp³-hybridized carbons (Fsp3) is 0.217. The molecule has 0 aliphatic carbocycles. The topological polar surface area (TPSA) is 75.6 Å². The maximum Gasteiger partial charge on any atom is 0.240 e. The van der Waals surface area contributed by atoms with Gasteiger partial charge in [0.1, 0.15) is 6.10 Å². The molecule has 29 heavy (non-hydrogen) atoms. The Morgan fingerprint density at radius 3 is 2.10 bits per heavy atom. The second kappa shape index (κ2) is 9.80. The lowest BCUT2D eigenvalue weighted by molar-refractivity contribution is -0.0452. The predicted molar refractivity (Wildman–Crippen MR) is 113 cm³/mol. The molecule has 6 heteroatoms. The molecule has 0 radical (unpaired) electrons. The first-order valence-corrected chi connectivity index (χ1v) is 10.9. The number of aliphatic hydroxyl groups excluding tert-OH is 1. The van der Waals surface area contributed by atoms with Crippen LogP contribution in [0.3, 0.4) is 0 Å². The van der Waals surface area contributed by atoms with Crippen molar-refractivity contribution >= 4 is 10.0 Å². The first-order chi connectivity index (χ1) is 14.0. The van der Waals surface area contributed by atoms with Gasteiger partial charge in [0.25, 0.3) is 0 Å². The van der Waals surface area contributed by atoms with Crippen LogP contribution < -0.4 is 4.72 Å². The fourth-order valence-corrected chi connectivity index (χ4v) is 3.99. The van der Waals surface area contributed by atoms with Crippen molar-refractivity contribution in [3.63, 3.8) is 0 Å². The van der Waals surface area contributed by atoms with Crippen molar-refractivity contribution in [2.75, 3.05) is 6.54 Å². The third kappa shape index (κ3) is 5.98. The lowest BCUT2D eigenvalue weighted by Gasteiger charge is -2.24. The normalized spacial score (nSPS) is 13.7. The molecule has 5 nitrogen and oxygen atoms in total. The molecule has 0 heterocycles. The molecule has 0 spiro atoms. The van der Waals surface area contributed by atoms with E-state index in [9.17, 15) is 13.5 Å². The summed E-state index contributed by atoms with van der Waals surface area (Å²) in [4.78, 5) is 0.164. The lowest BCUT2D eigenvalue weighted by atomic mass is 10.0. The number of sulfonamides is 1. The van der Waals surface area contributed by atoms with Crippen molar-refractivity contribution in [1.82, 2.24) is 4.72 Å². The van der Waals surface area contributed by atoms with Crippen LogP contribution in [0.1, 0.15) is 22.8 Å². The van der Waals surface area contributed by atoms with Crippen molar-refractivity contribution in [2.24, 2.45) is 0 Å². The molecule has 0 bridgehead atoms. The van der Waals surface area contributed by atoms with Crippen LogP contribution in [0.4, 0.5) is 0 Å². The van der Waals surface area contributed by atoms with Crippen LogP contribution in [0.15, 0.2) is 89.8 Å². The Kier molecular flexibility index (Phi) is 7.17. The zero-order valence-electron chi connectivity index (χ0n) is 16.2. The summed E-state index contributed by atoms with van der Waals surface area (Å²) >= 11 is 0. The van der Waals surface area contributed by atoms with E-state index in [4.69, 9.17) is 4.74 Å². The summed E-state index contributed by atoms with van der Waals surface area (Å²) in [6.45, 7) is 2.04. The first kappa shape index (κ1) is 21.2. The maximum atomic E-state index is 12.5. The summed E-state index contributed by atoms with van der Waals surface area (Å²) in [6, 6.07) is 25.5. The summed E-state index contributed by atoms with van der Waals surface area (Å²) in [6.07, 6.45) is -1.72. The number of ether oxygens (including phenoxy) is 1. The van der Waals surface area contributed by atoms with Gasteiger partial charge in [0.2, 0.25) is 10.0 Å². The Morgan fingerprint density at radius 1 is 0.897 bits per heavy atom. The molecule has 2 atom stereocenters. The Bertz CT molecular complexity index is 990. The predicted octanol–water partition coefficient (Wildman–Crippen LogP) is 3.59. The van der Waals surface area contributed by atoms with Gasteiger partial charge in [0.15, 0.2) is 0 Å². The zero-order chi connectivity index (χ0) is 20.7. The van der Waals surface area contributed by atoms with Crippen LogP contribution in [-0.2, 0) is 21.4 Å². The molecular weight excluding hydrogens is 386 g/mol. The first-order valence-electron chi connectivity index (χ1n) is 9.40. The number of rotatable bonds is 9. The van der Waals surface area contributed by atoms with E-state index < -0.39 is 22.2 Å². The minimum atomic E-state index is -3.72. The number of nitrogens with one attached hydrogen (secondary N) is 1. The molecule has 3 aromatic rings. The fourth-order valence-electron chi connectivity index (χ4n) is 2.94. The van der Waals surface area contributed by atoms with Gasteiger partial charge in [-0.25, -0.2) is 13.1 Å². The highest BCUT2D eigenvalue weighted by Gasteiger charge is 2.24. The average molecular weight is 412 g/mol. The van der Waals surface area contributed by atoms with E-state index in [0.717, 1.165) is 16.7 Å². The molecule has 0 saturated heterocycles. The van der Waals surface area contributed by atoms with Crippen LogP contribution in [-0.4, -0.2) is 26.2 Å². The van der Waals surface area contributed by atoms with Gasteiger partial charge in [-0.2, -0.15) is 0 Å². The molecule has 0 aliphatic heterocycles. The smallest absolute Gasteiger partial charge is 0.240 e. The molecule has 0 aliphatic rings. The van der Waals surface area contributed by atoms with Gasteiger partial charge in [-0.05, 0) is 30.2 Å². The molecule has 3 rings (SSSR count). The summed E-state index contributed by atoms with van der Waals surface area (Å²) < 4.78 is 33.5. The monoisotopic (exact) mass is 411 g/mol. The van der Waals surface area contributed by atoms with E-state index >= 15 is 0 Å². The van der Waals surface area contributed by atoms with Gasteiger partial charge in [-0.1, -0.05) is 78.4 Å². The number of aliphatic hydroxyl groups is 1. The Hall–Kier alpha value is -2.51. The minimum absolute atomic E-state index is 0.162. The van der Waals surface area contributed by atoms with Gasteiger partial charge < -0.3 is 9.84 Å². The van der Waals surface area contributed by atoms with E-state index in [1.54, 1.807) is 24.3 Å². The Balaban J connectivity index is 1.70. The van der Waals surface area contributed by atoms with Crippen molar-refractivity contribution in [3.8, 4) is 0 Å². The number of benzene rings is 3. The summed E-state index contributed by atoms with van der Waals surface area (Å²) in [5.41, 5.74) is 2.73. The molecular formula is C23H25NO4S. The highest BCUT2D eigenvalue weighted by Crippen LogP contribution is 2.23. The van der Waals surface area contributed by atoms with Crippen molar-refractivity contribution < 1.29 is 18.3 Å². The summed E-state index contributed by atoms with van der Waals surface area (Å²) in [5.74, 6) is 0. The van der Waals surface area contributed by atoms with Crippen LogP contribution in [0.5, 0.6) is 0 Å². The lowest BCUT2D eigenvalue weighted by Crippen LogP contribution is -2.36. The Labute approximate surface area is 172 Å². The zero-order valence-corrected chi connectivity index (χ0v) is 17.0. The molecule has 3 aromatic carbocycles. The molecule has 0 aromatic heterocycles. The molecule has 0 fully saturated rings. The SMILES string of the molecule is Cc1ccc(S(=O)(=O)NCC(O)C(OCc2ccccc2)c2ccccc2)cc1. The number of aryl methyl sites for hydroxylation is 1. The molecule has 152 valence electrons. The van der Waals surface area contributed by atoms with E-state index in [0.29, 0.717) is 6.61 Å². The average Bonchev–Trinajstić information content (AvgIpc) is 2.74. The van der Waals surface area contributed by atoms with Gasteiger partial charge >= 0.3 is 0 Å². The van der Waals surface area contributed by atoms with Gasteiger partial charge in [-0.15, -0.1) is 0 Å². The van der Waals surface area contributed by atoms with Gasteiger partial charge in [-0.3, -0.25) is 0 Å². The van der Waals surface area contributed by atoms with E-state index in [2.05, 4.69) is 4.72 Å². The number of hydrogen-bond donors (Lipinski definition) is 2. The molecule has 2 N–H and O–H groups in total. The van der Waals surface area contributed by atoms with Gasteiger partial charge in [0, 0.05) is 6.54 Å². The Morgan fingerprint density at radius 2 is 1.48 bits per heavy atom. The summed E-state index contributed by atoms with van der Waals surface area (Å²) in [7, 11) is -3.72. The number of hydrogen-bond acceptors (Lipinski definition) is 4. The third-order valence-electron chi connectivity index (χ3n) is 4.56. The summed E-state index contributed by atoms with van der Waals surface area (Å²) in [5, 5.41) is 10.7. The van der Waals surface area contributed by atoms with Crippen molar-refractivity contribution in [2.45, 2.75) is 30.6 Å². The van der Waals surface area contributed by atoms with Gasteiger partial charge in [0.05, 0.1) is 17.6 Å². The standard InChI is InChI=1S/C23H25NO4S/c1-18-12-14-21(15-13-18)29(26,27)24-16-22(25)23(20-10-6-3-7-11-20)28-17-19-8-4-2-5-9-19/h2-15,22-25H,16-17H2,1H3. The quantitative estimate of drug-likeness (QED) is 0.564. The van der Waals surface area contributed by atoms with Crippen LogP contribution >= 0.6 is 0 Å². The minimum Gasteiger partial charge on any atom is -0.389 e. The molecule has 0 amide bonds. The molecule has 2 unspecified atom stereocenters. The molecule has 0 saturated carbocycles. The van der Waals surface area contributed by atoms with E-state index in [1.165, 1.54) is 0 Å². The second-order valence-corrected chi connectivity index (χ2v) is 8.63. The maximum absolute atomic E-state index is 12.5. The van der Waals surface area contributed by atoms with Crippen LogP contribution in [0, 0.1) is 6.92 Å². The van der Waals surface area contributed by atoms with E-state index in [-0.39, 0.29) is 11.4 Å². The second-order valence-electron chi connectivity index (χ2n) is 6.86. The highest BCUT2D eigenvalue weighted by atomic mass is 32.2. The third-order valence-corrected chi connectivity index (χ3v) is 6.00. The largest absolute Gasteiger partial charge is 0.389 e. The van der Waals surface area contributed by atoms with Crippen molar-refractivity contribution in [1.29, 1.82) is 0 Å². The van der Waals surface area contributed by atoms with Crippen molar-refractivity contribution in [3.05, 3.63) is 102 Å².